The zero-order valence-electron chi connectivity index (χ0n) is 13.8. The number of thiophene rings is 1. The maximum Gasteiger partial charge on any atom is 0.262 e. The molecule has 2 aromatic heterocycles. The first-order valence-corrected chi connectivity index (χ1v) is 9.07. The van der Waals surface area contributed by atoms with Crippen LogP contribution < -0.4 is 5.32 Å². The van der Waals surface area contributed by atoms with Crippen LogP contribution in [0.5, 0.6) is 0 Å². The molecule has 2 heterocycles. The Kier molecular flexibility index (Phi) is 5.54. The van der Waals surface area contributed by atoms with Gasteiger partial charge < -0.3 is 10.2 Å². The molecular weight excluding hydrogens is 330 g/mol. The van der Waals surface area contributed by atoms with E-state index in [1.54, 1.807) is 43.2 Å². The first-order chi connectivity index (χ1) is 10.8. The van der Waals surface area contributed by atoms with Crippen LogP contribution in [-0.4, -0.2) is 40.8 Å². The van der Waals surface area contributed by atoms with Crippen molar-refractivity contribution in [3.8, 4) is 0 Å². The van der Waals surface area contributed by atoms with Gasteiger partial charge in [-0.1, -0.05) is 6.07 Å². The van der Waals surface area contributed by atoms with Crippen LogP contribution in [0.1, 0.15) is 34.1 Å². The topological polar surface area (TPSA) is 62.3 Å². The largest absolute Gasteiger partial charge is 0.343 e. The maximum atomic E-state index is 12.6. The van der Waals surface area contributed by atoms with Crippen LogP contribution in [0, 0.1) is 6.92 Å². The Morgan fingerprint density at radius 2 is 2.09 bits per heavy atom. The number of amides is 2. The molecule has 2 aromatic rings. The van der Waals surface area contributed by atoms with Gasteiger partial charge in [0.2, 0.25) is 5.91 Å². The lowest BCUT2D eigenvalue weighted by Gasteiger charge is -2.30. The van der Waals surface area contributed by atoms with Crippen molar-refractivity contribution in [2.75, 3.05) is 13.6 Å². The molecule has 2 amide bonds. The van der Waals surface area contributed by atoms with E-state index in [9.17, 15) is 9.59 Å². The molecule has 124 valence electrons. The highest BCUT2D eigenvalue weighted by molar-refractivity contribution is 7.12. The number of hydrogen-bond donors (Lipinski definition) is 1. The Morgan fingerprint density at radius 1 is 1.35 bits per heavy atom. The molecule has 0 unspecified atom stereocenters. The molecular formula is C16H21N3O2S2. The number of aromatic nitrogens is 1. The van der Waals surface area contributed by atoms with Crippen LogP contribution >= 0.6 is 22.7 Å². The van der Waals surface area contributed by atoms with Gasteiger partial charge in [0.25, 0.3) is 5.91 Å². The highest BCUT2D eigenvalue weighted by atomic mass is 32.1. The smallest absolute Gasteiger partial charge is 0.262 e. The number of hydrogen-bond acceptors (Lipinski definition) is 5. The number of carbonyl (C=O) groups excluding carboxylic acids is 2. The molecule has 0 aliphatic carbocycles. The van der Waals surface area contributed by atoms with Crippen molar-refractivity contribution in [1.82, 2.24) is 15.2 Å². The molecule has 0 atom stereocenters. The zero-order valence-corrected chi connectivity index (χ0v) is 15.4. The number of likely N-dealkylation sites (N-methyl/N-ethyl adjacent to an activating group) is 1. The standard InChI is InChI=1S/C16H21N3O2S2/c1-11-12(23-10-17-11)7-8-19(4)15(21)16(2,3)18-14(20)13-6-5-9-22-13/h5-6,9-10H,7-8H2,1-4H3,(H,18,20). The minimum atomic E-state index is -0.946. The van der Waals surface area contributed by atoms with Crippen LogP contribution in [0.25, 0.3) is 0 Å². The summed E-state index contributed by atoms with van der Waals surface area (Å²) in [5, 5.41) is 4.65. The second-order valence-corrected chi connectivity index (χ2v) is 7.78. The molecule has 23 heavy (non-hydrogen) atoms. The summed E-state index contributed by atoms with van der Waals surface area (Å²) in [6, 6.07) is 3.56. The molecule has 0 saturated carbocycles. The molecule has 0 aromatic carbocycles. The SMILES string of the molecule is Cc1ncsc1CCN(C)C(=O)C(C)(C)NC(=O)c1cccs1. The predicted molar refractivity (Wildman–Crippen MR) is 94.1 cm³/mol. The van der Waals surface area contributed by atoms with E-state index in [1.807, 2.05) is 23.9 Å². The van der Waals surface area contributed by atoms with Crippen LogP contribution in [-0.2, 0) is 11.2 Å². The Labute approximate surface area is 144 Å². The van der Waals surface area contributed by atoms with Gasteiger partial charge in [-0.25, -0.2) is 4.98 Å². The molecule has 0 saturated heterocycles. The molecule has 0 fully saturated rings. The van der Waals surface area contributed by atoms with Crippen molar-refractivity contribution in [2.24, 2.45) is 0 Å². The van der Waals surface area contributed by atoms with E-state index >= 15 is 0 Å². The van der Waals surface area contributed by atoms with Gasteiger partial charge in [0.05, 0.1) is 16.1 Å². The second-order valence-electron chi connectivity index (χ2n) is 5.89. The number of aryl methyl sites for hydroxylation is 1. The van der Waals surface area contributed by atoms with Crippen LogP contribution in [0.3, 0.4) is 0 Å². The number of rotatable bonds is 6. The Morgan fingerprint density at radius 3 is 2.65 bits per heavy atom. The summed E-state index contributed by atoms with van der Waals surface area (Å²) >= 11 is 2.96. The molecule has 0 aliphatic rings. The van der Waals surface area contributed by atoms with E-state index in [2.05, 4.69) is 10.3 Å². The summed E-state index contributed by atoms with van der Waals surface area (Å²) in [7, 11) is 1.76. The molecule has 0 radical (unpaired) electrons. The van der Waals surface area contributed by atoms with Crippen molar-refractivity contribution in [3.63, 3.8) is 0 Å². The molecule has 0 spiro atoms. The first kappa shape index (κ1) is 17.6. The number of thiazole rings is 1. The summed E-state index contributed by atoms with van der Waals surface area (Å²) in [5.41, 5.74) is 1.89. The lowest BCUT2D eigenvalue weighted by Crippen LogP contribution is -2.55. The third kappa shape index (κ3) is 4.39. The average molecular weight is 351 g/mol. The zero-order chi connectivity index (χ0) is 17.0. The quantitative estimate of drug-likeness (QED) is 0.870. The predicted octanol–water partition coefficient (Wildman–Crippen LogP) is 2.72. The Balaban J connectivity index is 1.94. The molecule has 7 heteroatoms. The molecule has 1 N–H and O–H groups in total. The second kappa shape index (κ2) is 7.23. The van der Waals surface area contributed by atoms with E-state index in [-0.39, 0.29) is 11.8 Å². The van der Waals surface area contributed by atoms with Gasteiger partial charge in [-0.2, -0.15) is 0 Å². The number of carbonyl (C=O) groups is 2. The average Bonchev–Trinajstić information content (AvgIpc) is 3.15. The van der Waals surface area contributed by atoms with Crippen LogP contribution in [0.4, 0.5) is 0 Å². The van der Waals surface area contributed by atoms with Crippen molar-refractivity contribution < 1.29 is 9.59 Å². The third-order valence-electron chi connectivity index (χ3n) is 3.57. The summed E-state index contributed by atoms with van der Waals surface area (Å²) < 4.78 is 0. The summed E-state index contributed by atoms with van der Waals surface area (Å²) in [5.74, 6) is -0.324. The highest BCUT2D eigenvalue weighted by Gasteiger charge is 2.32. The third-order valence-corrected chi connectivity index (χ3v) is 5.43. The van der Waals surface area contributed by atoms with Crippen LogP contribution in [0.15, 0.2) is 23.0 Å². The van der Waals surface area contributed by atoms with Gasteiger partial charge in [-0.15, -0.1) is 22.7 Å². The van der Waals surface area contributed by atoms with E-state index in [0.717, 1.165) is 12.1 Å². The first-order valence-electron chi connectivity index (χ1n) is 7.32. The monoisotopic (exact) mass is 351 g/mol. The highest BCUT2D eigenvalue weighted by Crippen LogP contribution is 2.15. The normalized spacial score (nSPS) is 11.3. The van der Waals surface area contributed by atoms with Gasteiger partial charge in [-0.3, -0.25) is 9.59 Å². The number of nitrogens with one attached hydrogen (secondary N) is 1. The fraction of sp³-hybridized carbons (Fsp3) is 0.438. The van der Waals surface area contributed by atoms with E-state index < -0.39 is 5.54 Å². The van der Waals surface area contributed by atoms with Crippen molar-refractivity contribution in [3.05, 3.63) is 38.5 Å². The molecule has 2 rings (SSSR count). The number of nitrogens with zero attached hydrogens (tertiary/aromatic N) is 2. The summed E-state index contributed by atoms with van der Waals surface area (Å²) in [6.45, 7) is 6.03. The van der Waals surface area contributed by atoms with Gasteiger partial charge in [0.1, 0.15) is 5.54 Å². The Hall–Kier alpha value is -1.73. The lowest BCUT2D eigenvalue weighted by molar-refractivity contribution is -0.135. The van der Waals surface area contributed by atoms with Crippen molar-refractivity contribution in [1.29, 1.82) is 0 Å². The molecule has 5 nitrogen and oxygen atoms in total. The Bertz CT molecular complexity index is 677. The molecule has 0 aliphatic heterocycles. The van der Waals surface area contributed by atoms with Crippen molar-refractivity contribution >= 4 is 34.5 Å². The van der Waals surface area contributed by atoms with Gasteiger partial charge in [0, 0.05) is 24.9 Å². The summed E-state index contributed by atoms with van der Waals surface area (Å²) in [6.07, 6.45) is 0.772. The minimum Gasteiger partial charge on any atom is -0.343 e. The maximum absolute atomic E-state index is 12.6. The van der Waals surface area contributed by atoms with Gasteiger partial charge in [0.15, 0.2) is 0 Å². The lowest BCUT2D eigenvalue weighted by atomic mass is 10.0. The van der Waals surface area contributed by atoms with Crippen LogP contribution in [0.2, 0.25) is 0 Å². The minimum absolute atomic E-state index is 0.107. The van der Waals surface area contributed by atoms with Gasteiger partial charge in [-0.05, 0) is 32.2 Å². The van der Waals surface area contributed by atoms with E-state index in [4.69, 9.17) is 0 Å². The van der Waals surface area contributed by atoms with Crippen molar-refractivity contribution in [2.45, 2.75) is 32.7 Å². The fourth-order valence-electron chi connectivity index (χ4n) is 2.22. The summed E-state index contributed by atoms with van der Waals surface area (Å²) in [4.78, 5) is 32.4. The van der Waals surface area contributed by atoms with E-state index in [1.165, 1.54) is 16.2 Å². The molecule has 0 bridgehead atoms. The van der Waals surface area contributed by atoms with E-state index in [0.29, 0.717) is 11.4 Å². The van der Waals surface area contributed by atoms with Gasteiger partial charge >= 0.3 is 0 Å². The fourth-order valence-corrected chi connectivity index (χ4v) is 3.61.